The molecule has 7 nitrogen and oxygen atoms in total. The second-order valence-corrected chi connectivity index (χ2v) is 12.0. The molecule has 36 heavy (non-hydrogen) atoms. The Kier molecular flexibility index (Phi) is 5.74. The van der Waals surface area contributed by atoms with Gasteiger partial charge in [0.05, 0.1) is 19.3 Å². The first kappa shape index (κ1) is 26.0. The predicted octanol–water partition coefficient (Wildman–Crippen LogP) is 3.05. The summed E-state index contributed by atoms with van der Waals surface area (Å²) >= 11 is 4.14. The van der Waals surface area contributed by atoms with E-state index in [-0.39, 0.29) is 38.0 Å². The third kappa shape index (κ3) is 2.98. The number of allylic oxidation sites excluding steroid dienone is 4. The molecule has 3 saturated carbocycles. The summed E-state index contributed by atoms with van der Waals surface area (Å²) in [7, 11) is 0. The van der Waals surface area contributed by atoms with E-state index in [9.17, 15) is 19.5 Å². The zero-order valence-corrected chi connectivity index (χ0v) is 21.6. The van der Waals surface area contributed by atoms with Gasteiger partial charge in [-0.25, -0.2) is 13.6 Å². The van der Waals surface area contributed by atoms with Crippen molar-refractivity contribution in [2.24, 2.45) is 28.6 Å². The molecule has 1 N–H and O–H groups in total. The lowest BCUT2D eigenvalue weighted by Gasteiger charge is -2.63. The molecule has 10 heteroatoms. The fraction of sp³-hybridized carbons (Fsp3) is 0.731. The Morgan fingerprint density at radius 2 is 1.81 bits per heavy atom. The predicted molar refractivity (Wildman–Crippen MR) is 126 cm³/mol. The van der Waals surface area contributed by atoms with Crippen LogP contribution in [0.2, 0.25) is 0 Å². The number of esters is 1. The third-order valence-electron chi connectivity index (χ3n) is 9.95. The minimum Gasteiger partial charge on any atom is -0.445 e. The third-order valence-corrected chi connectivity index (χ3v) is 10.3. The van der Waals surface area contributed by atoms with Gasteiger partial charge in [-0.15, -0.1) is 12.6 Å². The Hall–Kier alpha value is -1.62. The number of carbonyl (C=O) groups excluding carboxylic acids is 3. The van der Waals surface area contributed by atoms with Crippen LogP contribution in [0, 0.1) is 28.6 Å². The van der Waals surface area contributed by atoms with Crippen molar-refractivity contribution < 1.29 is 42.5 Å². The van der Waals surface area contributed by atoms with Crippen LogP contribution >= 0.6 is 12.6 Å². The number of thiol groups is 1. The van der Waals surface area contributed by atoms with E-state index in [1.165, 1.54) is 26.0 Å². The Labute approximate surface area is 214 Å². The SMILES string of the molecule is C[C@@H]1C[C@H]2[C@@H]3C[C@H](F)C4=CC(=O)C=C[C@]4(C)[C@@]3(F)[C@@H](O)C[C@]2(C)[C@@]1(OC(=O)C1(C)OCCO1)C(=O)S. The fourth-order valence-electron chi connectivity index (χ4n) is 8.11. The van der Waals surface area contributed by atoms with Crippen molar-refractivity contribution in [3.05, 3.63) is 23.8 Å². The molecule has 0 unspecified atom stereocenters. The number of aliphatic hydroxyl groups is 1. The molecule has 198 valence electrons. The van der Waals surface area contributed by atoms with Crippen molar-refractivity contribution in [1.29, 1.82) is 0 Å². The first-order chi connectivity index (χ1) is 16.7. The van der Waals surface area contributed by atoms with Gasteiger partial charge in [0.1, 0.15) is 6.17 Å². The molecule has 0 spiro atoms. The summed E-state index contributed by atoms with van der Waals surface area (Å²) in [6, 6.07) is 0. The van der Waals surface area contributed by atoms with E-state index in [0.29, 0.717) is 0 Å². The standard InChI is InChI=1S/C26H32F2O7S/c1-13-9-15-16-11-18(27)17-10-14(29)5-6-22(17,2)25(16,28)19(30)12-23(15,3)26(13,21(32)36)35-20(31)24(4)33-7-8-34-24/h5-6,10,13,15-16,18-19,30H,7-9,11-12H2,1-4H3,(H,32,36)/t13-,15+,16+,18+,19+,22+,23+,25+,26+/m1/s1. The molecule has 1 aliphatic heterocycles. The largest absolute Gasteiger partial charge is 0.445 e. The summed E-state index contributed by atoms with van der Waals surface area (Å²) in [5, 5.41) is 10.7. The van der Waals surface area contributed by atoms with Crippen LogP contribution in [0.3, 0.4) is 0 Å². The van der Waals surface area contributed by atoms with E-state index < -0.39 is 74.8 Å². The van der Waals surface area contributed by atoms with Crippen molar-refractivity contribution in [2.75, 3.05) is 13.2 Å². The van der Waals surface area contributed by atoms with Gasteiger partial charge in [-0.3, -0.25) is 9.59 Å². The molecule has 0 aromatic carbocycles. The first-order valence-electron chi connectivity index (χ1n) is 12.4. The van der Waals surface area contributed by atoms with Gasteiger partial charge < -0.3 is 19.3 Å². The molecule has 0 amide bonds. The lowest BCUT2D eigenvalue weighted by atomic mass is 9.44. The maximum atomic E-state index is 17.3. The molecule has 5 rings (SSSR count). The van der Waals surface area contributed by atoms with Crippen molar-refractivity contribution in [1.82, 2.24) is 0 Å². The lowest BCUT2D eigenvalue weighted by Crippen LogP contribution is -2.71. The van der Waals surface area contributed by atoms with Crippen LogP contribution in [-0.4, -0.2) is 64.5 Å². The number of hydrogen-bond donors (Lipinski definition) is 2. The van der Waals surface area contributed by atoms with Crippen LogP contribution in [0.5, 0.6) is 0 Å². The molecule has 1 heterocycles. The molecule has 5 aliphatic rings. The number of alkyl halides is 2. The Morgan fingerprint density at radius 3 is 2.42 bits per heavy atom. The lowest BCUT2D eigenvalue weighted by molar-refractivity contribution is -0.245. The van der Waals surface area contributed by atoms with Crippen LogP contribution in [0.15, 0.2) is 23.8 Å². The summed E-state index contributed by atoms with van der Waals surface area (Å²) < 4.78 is 49.7. The number of hydrogen-bond acceptors (Lipinski definition) is 7. The highest BCUT2D eigenvalue weighted by atomic mass is 32.1. The molecule has 1 saturated heterocycles. The summed E-state index contributed by atoms with van der Waals surface area (Å²) in [6.07, 6.45) is 0.225. The van der Waals surface area contributed by atoms with Crippen LogP contribution in [0.25, 0.3) is 0 Å². The molecule has 4 fully saturated rings. The van der Waals surface area contributed by atoms with E-state index in [1.807, 2.05) is 0 Å². The molecular weight excluding hydrogens is 494 g/mol. The average Bonchev–Trinajstić information content (AvgIpc) is 3.33. The number of aliphatic hydroxyl groups excluding tert-OH is 1. The van der Waals surface area contributed by atoms with E-state index >= 15 is 8.78 Å². The van der Waals surface area contributed by atoms with Crippen molar-refractivity contribution in [3.63, 3.8) is 0 Å². The van der Waals surface area contributed by atoms with Gasteiger partial charge in [-0.1, -0.05) is 19.9 Å². The zero-order valence-electron chi connectivity index (χ0n) is 20.8. The van der Waals surface area contributed by atoms with Gasteiger partial charge in [0.2, 0.25) is 5.12 Å². The maximum absolute atomic E-state index is 17.3. The van der Waals surface area contributed by atoms with Crippen LogP contribution in [0.4, 0.5) is 8.78 Å². The normalized spacial score (nSPS) is 49.1. The fourth-order valence-corrected chi connectivity index (χ4v) is 8.63. The maximum Gasteiger partial charge on any atom is 0.367 e. The smallest absolute Gasteiger partial charge is 0.367 e. The summed E-state index contributed by atoms with van der Waals surface area (Å²) in [4.78, 5) is 38.5. The Balaban J connectivity index is 1.60. The number of ketones is 1. The van der Waals surface area contributed by atoms with E-state index in [1.54, 1.807) is 13.8 Å². The van der Waals surface area contributed by atoms with Crippen molar-refractivity contribution in [2.45, 2.75) is 76.3 Å². The molecular formula is C26H32F2O7S. The van der Waals surface area contributed by atoms with E-state index in [2.05, 4.69) is 12.6 Å². The molecule has 0 radical (unpaired) electrons. The average molecular weight is 527 g/mol. The molecule has 9 atom stereocenters. The Morgan fingerprint density at radius 1 is 1.17 bits per heavy atom. The summed E-state index contributed by atoms with van der Waals surface area (Å²) in [5.41, 5.74) is -6.89. The van der Waals surface area contributed by atoms with Crippen molar-refractivity contribution >= 4 is 29.5 Å². The van der Waals surface area contributed by atoms with Crippen LogP contribution in [0.1, 0.15) is 47.0 Å². The highest BCUT2D eigenvalue weighted by molar-refractivity contribution is 7.96. The Bertz CT molecular complexity index is 1090. The minimum atomic E-state index is -2.30. The molecule has 4 aliphatic carbocycles. The number of rotatable bonds is 3. The highest BCUT2D eigenvalue weighted by Crippen LogP contribution is 2.71. The van der Waals surface area contributed by atoms with Crippen LogP contribution < -0.4 is 0 Å². The van der Waals surface area contributed by atoms with E-state index in [4.69, 9.17) is 14.2 Å². The minimum absolute atomic E-state index is 0.0221. The summed E-state index contributed by atoms with van der Waals surface area (Å²) in [6.45, 7) is 6.67. The number of fused-ring (bicyclic) bond motifs is 5. The van der Waals surface area contributed by atoms with Gasteiger partial charge in [0.25, 0.3) is 5.79 Å². The van der Waals surface area contributed by atoms with Gasteiger partial charge in [0.15, 0.2) is 17.1 Å². The summed E-state index contributed by atoms with van der Waals surface area (Å²) in [5.74, 6) is -5.26. The molecule has 0 bridgehead atoms. The van der Waals surface area contributed by atoms with E-state index in [0.717, 1.165) is 6.08 Å². The van der Waals surface area contributed by atoms with Gasteiger partial charge in [-0.05, 0) is 49.8 Å². The van der Waals surface area contributed by atoms with Gasteiger partial charge in [-0.2, -0.15) is 0 Å². The molecule has 0 aromatic rings. The first-order valence-corrected chi connectivity index (χ1v) is 12.8. The molecule has 0 aromatic heterocycles. The zero-order chi connectivity index (χ0) is 26.5. The van der Waals surface area contributed by atoms with Gasteiger partial charge in [0, 0.05) is 29.6 Å². The second kappa shape index (κ2) is 7.94. The van der Waals surface area contributed by atoms with Gasteiger partial charge >= 0.3 is 5.97 Å². The van der Waals surface area contributed by atoms with Crippen molar-refractivity contribution in [3.8, 4) is 0 Å². The number of carbonyl (C=O) groups is 3. The monoisotopic (exact) mass is 526 g/mol. The second-order valence-electron chi connectivity index (χ2n) is 11.6. The quantitative estimate of drug-likeness (QED) is 0.431. The number of halogens is 2. The van der Waals surface area contributed by atoms with Crippen LogP contribution in [-0.2, 0) is 28.6 Å². The number of ether oxygens (including phenoxy) is 3. The topological polar surface area (TPSA) is 99.1 Å². The highest BCUT2D eigenvalue weighted by Gasteiger charge is 2.78.